The number of nitrogens with one attached hydrogen (secondary N) is 1. The summed E-state index contributed by atoms with van der Waals surface area (Å²) in [7, 11) is 0. The number of carbonyl (C=O) groups excluding carboxylic acids is 1. The normalized spacial score (nSPS) is 17.1. The first-order valence-electron chi connectivity index (χ1n) is 4.83. The van der Waals surface area contributed by atoms with Crippen molar-refractivity contribution in [2.75, 3.05) is 5.88 Å². The highest BCUT2D eigenvalue weighted by molar-refractivity contribution is 6.19. The first kappa shape index (κ1) is 10.3. The van der Waals surface area contributed by atoms with Gasteiger partial charge in [-0.25, -0.2) is 0 Å². The fraction of sp³-hybridized carbons (Fsp3) is 0.364. The molecule has 0 unspecified atom stereocenters. The lowest BCUT2D eigenvalue weighted by molar-refractivity contribution is 0.0935. The van der Waals surface area contributed by atoms with E-state index in [2.05, 4.69) is 5.32 Å². The van der Waals surface area contributed by atoms with Crippen LogP contribution in [-0.4, -0.2) is 22.4 Å². The van der Waals surface area contributed by atoms with Crippen LogP contribution in [0.25, 0.3) is 0 Å². The molecule has 0 saturated heterocycles. The van der Waals surface area contributed by atoms with E-state index in [1.807, 2.05) is 0 Å². The first-order chi connectivity index (χ1) is 7.15. The average Bonchev–Trinajstić information content (AvgIpc) is 2.98. The van der Waals surface area contributed by atoms with Crippen LogP contribution >= 0.6 is 11.6 Å². The van der Waals surface area contributed by atoms with E-state index in [0.29, 0.717) is 11.4 Å². The van der Waals surface area contributed by atoms with Crippen molar-refractivity contribution in [3.63, 3.8) is 0 Å². The van der Waals surface area contributed by atoms with Crippen LogP contribution in [0.2, 0.25) is 0 Å². The Bertz CT molecular complexity index is 388. The van der Waals surface area contributed by atoms with Crippen molar-refractivity contribution in [3.05, 3.63) is 29.8 Å². The van der Waals surface area contributed by atoms with E-state index in [1.54, 1.807) is 12.1 Å². The van der Waals surface area contributed by atoms with Gasteiger partial charge in [0.15, 0.2) is 0 Å². The fourth-order valence-corrected chi connectivity index (χ4v) is 1.74. The van der Waals surface area contributed by atoms with Crippen LogP contribution in [0.15, 0.2) is 24.3 Å². The Hall–Kier alpha value is -1.22. The van der Waals surface area contributed by atoms with Gasteiger partial charge in [0.1, 0.15) is 5.75 Å². The zero-order valence-corrected chi connectivity index (χ0v) is 8.92. The number of halogens is 1. The van der Waals surface area contributed by atoms with Crippen molar-refractivity contribution in [2.24, 2.45) is 0 Å². The summed E-state index contributed by atoms with van der Waals surface area (Å²) in [5.41, 5.74) is 0.260. The molecule has 0 bridgehead atoms. The summed E-state index contributed by atoms with van der Waals surface area (Å²) in [6.45, 7) is 0. The van der Waals surface area contributed by atoms with Crippen LogP contribution in [-0.2, 0) is 0 Å². The topological polar surface area (TPSA) is 49.3 Å². The second kappa shape index (κ2) is 3.74. The molecule has 2 N–H and O–H groups in total. The van der Waals surface area contributed by atoms with Crippen LogP contribution in [0.4, 0.5) is 0 Å². The number of hydrogen-bond acceptors (Lipinski definition) is 2. The number of phenolic OH excluding ortho intramolecular Hbond substituents is 1. The molecular weight excluding hydrogens is 214 g/mol. The molecule has 1 aliphatic rings. The molecule has 1 saturated carbocycles. The van der Waals surface area contributed by atoms with Gasteiger partial charge in [0.05, 0.1) is 5.54 Å². The molecular formula is C11H12ClNO2. The van der Waals surface area contributed by atoms with Gasteiger partial charge in [0.25, 0.3) is 5.91 Å². The highest BCUT2D eigenvalue weighted by Gasteiger charge is 2.43. The van der Waals surface area contributed by atoms with Gasteiger partial charge in [-0.2, -0.15) is 0 Å². The highest BCUT2D eigenvalue weighted by Crippen LogP contribution is 2.36. The molecule has 0 aromatic heterocycles. The van der Waals surface area contributed by atoms with E-state index in [9.17, 15) is 9.90 Å². The van der Waals surface area contributed by atoms with Gasteiger partial charge in [0.2, 0.25) is 0 Å². The number of alkyl halides is 1. The fourth-order valence-electron chi connectivity index (χ4n) is 1.40. The molecule has 0 radical (unpaired) electrons. The van der Waals surface area contributed by atoms with Crippen LogP contribution in [0.3, 0.4) is 0 Å². The quantitative estimate of drug-likeness (QED) is 0.772. The Morgan fingerprint density at radius 1 is 1.53 bits per heavy atom. The summed E-state index contributed by atoms with van der Waals surface area (Å²) in [6, 6.07) is 6.29. The van der Waals surface area contributed by atoms with Gasteiger partial charge in [0, 0.05) is 11.4 Å². The molecule has 0 aliphatic heterocycles. The lowest BCUT2D eigenvalue weighted by Crippen LogP contribution is -2.38. The minimum Gasteiger partial charge on any atom is -0.508 e. The third-order valence-corrected chi connectivity index (χ3v) is 3.11. The van der Waals surface area contributed by atoms with Crippen LogP contribution in [0.1, 0.15) is 23.2 Å². The van der Waals surface area contributed by atoms with E-state index >= 15 is 0 Å². The molecule has 0 heterocycles. The van der Waals surface area contributed by atoms with Gasteiger partial charge in [-0.05, 0) is 31.0 Å². The Balaban J connectivity index is 2.08. The molecule has 80 valence electrons. The molecule has 1 aromatic carbocycles. The number of carbonyl (C=O) groups is 1. The van der Waals surface area contributed by atoms with Gasteiger partial charge >= 0.3 is 0 Å². The lowest BCUT2D eigenvalue weighted by Gasteiger charge is -2.13. The maximum Gasteiger partial charge on any atom is 0.251 e. The summed E-state index contributed by atoms with van der Waals surface area (Å²) in [5, 5.41) is 12.1. The molecule has 4 heteroatoms. The molecule has 0 spiro atoms. The summed E-state index contributed by atoms with van der Waals surface area (Å²) in [5.74, 6) is 0.361. The molecule has 3 nitrogen and oxygen atoms in total. The number of benzene rings is 1. The summed E-state index contributed by atoms with van der Waals surface area (Å²) < 4.78 is 0. The number of hydrogen-bond donors (Lipinski definition) is 2. The van der Waals surface area contributed by atoms with Crippen molar-refractivity contribution < 1.29 is 9.90 Å². The van der Waals surface area contributed by atoms with Gasteiger partial charge in [-0.15, -0.1) is 11.6 Å². The van der Waals surface area contributed by atoms with Crippen molar-refractivity contribution in [3.8, 4) is 5.75 Å². The first-order valence-corrected chi connectivity index (χ1v) is 5.36. The molecule has 15 heavy (non-hydrogen) atoms. The highest BCUT2D eigenvalue weighted by atomic mass is 35.5. The average molecular weight is 226 g/mol. The maximum absolute atomic E-state index is 11.7. The van der Waals surface area contributed by atoms with E-state index < -0.39 is 0 Å². The zero-order valence-electron chi connectivity index (χ0n) is 8.16. The standard InChI is InChI=1S/C11H12ClNO2/c12-7-11(4-5-11)13-10(15)8-2-1-3-9(14)6-8/h1-3,6,14H,4-5,7H2,(H,13,15). The van der Waals surface area contributed by atoms with E-state index in [0.717, 1.165) is 12.8 Å². The van der Waals surface area contributed by atoms with Crippen LogP contribution in [0.5, 0.6) is 5.75 Å². The van der Waals surface area contributed by atoms with E-state index in [-0.39, 0.29) is 17.2 Å². The largest absolute Gasteiger partial charge is 0.508 e. The Labute approximate surface area is 93.1 Å². The zero-order chi connectivity index (χ0) is 10.9. The molecule has 1 fully saturated rings. The molecule has 2 rings (SSSR count). The summed E-state index contributed by atoms with van der Waals surface area (Å²) in [4.78, 5) is 11.7. The second-order valence-corrected chi connectivity index (χ2v) is 4.19. The maximum atomic E-state index is 11.7. The lowest BCUT2D eigenvalue weighted by atomic mass is 10.2. The van der Waals surface area contributed by atoms with Gasteiger partial charge in [-0.1, -0.05) is 6.07 Å². The van der Waals surface area contributed by atoms with Crippen LogP contribution < -0.4 is 5.32 Å². The molecule has 1 aromatic rings. The number of aromatic hydroxyl groups is 1. The summed E-state index contributed by atoms with van der Waals surface area (Å²) >= 11 is 5.75. The van der Waals surface area contributed by atoms with Gasteiger partial charge in [-0.3, -0.25) is 4.79 Å². The molecule has 1 aliphatic carbocycles. The smallest absolute Gasteiger partial charge is 0.251 e. The molecule has 0 atom stereocenters. The predicted molar refractivity (Wildman–Crippen MR) is 58.3 cm³/mol. The van der Waals surface area contributed by atoms with Crippen molar-refractivity contribution >= 4 is 17.5 Å². The SMILES string of the molecule is O=C(NC1(CCl)CC1)c1cccc(O)c1. The number of phenols is 1. The third-order valence-electron chi connectivity index (χ3n) is 2.60. The second-order valence-electron chi connectivity index (χ2n) is 3.92. The Kier molecular flexibility index (Phi) is 2.57. The van der Waals surface area contributed by atoms with Crippen molar-refractivity contribution in [1.29, 1.82) is 0 Å². The van der Waals surface area contributed by atoms with Crippen LogP contribution in [0, 0.1) is 0 Å². The predicted octanol–water partition coefficient (Wildman–Crippen LogP) is 1.89. The number of amides is 1. The molecule has 1 amide bonds. The van der Waals surface area contributed by atoms with E-state index in [1.165, 1.54) is 12.1 Å². The van der Waals surface area contributed by atoms with Crippen molar-refractivity contribution in [1.82, 2.24) is 5.32 Å². The number of rotatable bonds is 3. The monoisotopic (exact) mass is 225 g/mol. The third kappa shape index (κ3) is 2.23. The minimum absolute atomic E-state index is 0.0957. The Morgan fingerprint density at radius 2 is 2.27 bits per heavy atom. The summed E-state index contributed by atoms with van der Waals surface area (Å²) in [6.07, 6.45) is 1.86. The Morgan fingerprint density at radius 3 is 2.80 bits per heavy atom. The minimum atomic E-state index is -0.204. The van der Waals surface area contributed by atoms with Crippen molar-refractivity contribution in [2.45, 2.75) is 18.4 Å². The van der Waals surface area contributed by atoms with Gasteiger partial charge < -0.3 is 10.4 Å². The van der Waals surface area contributed by atoms with E-state index in [4.69, 9.17) is 11.6 Å².